The molecule has 1 amide bonds. The van der Waals surface area contributed by atoms with Gasteiger partial charge in [-0.05, 0) is 0 Å². The number of halogens is 3. The second kappa shape index (κ2) is 11.9. The Morgan fingerprint density at radius 3 is 2.38 bits per heavy atom. The zero-order valence-corrected chi connectivity index (χ0v) is 19.6. The van der Waals surface area contributed by atoms with Crippen molar-refractivity contribution < 1.29 is 39.7 Å². The van der Waals surface area contributed by atoms with Gasteiger partial charge in [-0.15, -0.1) is 0 Å². The molecule has 0 spiro atoms. The average Bonchev–Trinajstić information content (AvgIpc) is 2.73. The van der Waals surface area contributed by atoms with E-state index in [0.717, 1.165) is 16.7 Å². The summed E-state index contributed by atoms with van der Waals surface area (Å²) in [4.78, 5) is 14.6. The normalized spacial score (nSPS) is 12.0. The molecule has 0 radical (unpaired) electrons. The molecule has 5 nitrogen and oxygen atoms in total. The molecule has 0 atom stereocenters. The number of hydrogen-bond donors (Lipinski definition) is 1. The molecule has 0 aliphatic carbocycles. The van der Waals surface area contributed by atoms with Crippen LogP contribution in [0.25, 0.3) is 5.57 Å². The second-order valence-corrected chi connectivity index (χ2v) is 7.91. The summed E-state index contributed by atoms with van der Waals surface area (Å²) in [6, 6.07) is 11.6. The summed E-state index contributed by atoms with van der Waals surface area (Å²) >= 11 is 2.33. The number of anilines is 1. The van der Waals surface area contributed by atoms with Crippen molar-refractivity contribution in [1.29, 1.82) is 0 Å². The summed E-state index contributed by atoms with van der Waals surface area (Å²) in [7, 11) is 4.75. The minimum absolute atomic E-state index is 0.0517. The molecule has 2 aromatic rings. The Morgan fingerprint density at radius 2 is 1.81 bits per heavy atom. The molecule has 0 heterocycles. The van der Waals surface area contributed by atoms with Crippen molar-refractivity contribution in [2.45, 2.75) is 12.8 Å². The van der Waals surface area contributed by atoms with E-state index >= 15 is 0 Å². The third-order valence-electron chi connectivity index (χ3n) is 4.68. The topological polar surface area (TPSA) is 58.8 Å². The predicted octanol–water partition coefficient (Wildman–Crippen LogP) is 4.01. The Bertz CT molecular complexity index is 979. The van der Waals surface area contributed by atoms with Crippen molar-refractivity contribution in [1.82, 2.24) is 9.80 Å². The van der Waals surface area contributed by atoms with Crippen molar-refractivity contribution in [2.75, 3.05) is 40.0 Å². The van der Waals surface area contributed by atoms with Gasteiger partial charge in [-0.2, -0.15) is 0 Å². The molecule has 0 fully saturated rings. The Balaban J connectivity index is 2.44. The number of nitrogen functional groups attached to an aromatic ring is 1. The van der Waals surface area contributed by atoms with E-state index in [1.54, 1.807) is 62.3 Å². The van der Waals surface area contributed by atoms with Gasteiger partial charge in [0.15, 0.2) is 0 Å². The van der Waals surface area contributed by atoms with Crippen molar-refractivity contribution in [2.24, 2.45) is 0 Å². The number of carbonyl (C=O) groups is 1. The fourth-order valence-electron chi connectivity index (χ4n) is 3.04. The maximum absolute atomic E-state index is 14.5. The molecule has 0 aromatic heterocycles. The van der Waals surface area contributed by atoms with E-state index in [1.807, 2.05) is 0 Å². The van der Waals surface area contributed by atoms with E-state index in [4.69, 9.17) is 10.5 Å². The van der Waals surface area contributed by atoms with Gasteiger partial charge in [-0.1, -0.05) is 0 Å². The second-order valence-electron chi connectivity index (χ2n) is 7.50. The van der Waals surface area contributed by atoms with Crippen molar-refractivity contribution in [3.8, 4) is 5.75 Å². The Morgan fingerprint density at radius 1 is 1.16 bits per heavy atom. The molecule has 171 valence electrons. The summed E-state index contributed by atoms with van der Waals surface area (Å²) in [6.07, 6.45) is -2.76. The minimum atomic E-state index is -2.48. The van der Waals surface area contributed by atoms with Crippen molar-refractivity contribution in [3.63, 3.8) is 0 Å². The molecule has 2 rings (SSSR count). The SMILES string of the molecule is CN(C/C(=C(/[CH]=[V])Cc1cccc(N)c1F)c1ccc(OC(=O)N(C)C)cc1)CC(F)F. The quantitative estimate of drug-likeness (QED) is 0.547. The number of rotatable bonds is 9. The zero-order valence-electron chi connectivity index (χ0n) is 18.2. The number of allylic oxidation sites excluding steroid dienone is 1. The molecule has 0 unspecified atom stereocenters. The number of hydrogen-bond acceptors (Lipinski definition) is 4. The van der Waals surface area contributed by atoms with Crippen LogP contribution in [0, 0.1) is 5.82 Å². The van der Waals surface area contributed by atoms with Crippen LogP contribution in [0.4, 0.5) is 23.7 Å². The van der Waals surface area contributed by atoms with Crippen LogP contribution in [0.5, 0.6) is 5.75 Å². The maximum atomic E-state index is 14.5. The van der Waals surface area contributed by atoms with Gasteiger partial charge in [0.1, 0.15) is 0 Å². The Labute approximate surface area is 195 Å². The van der Waals surface area contributed by atoms with E-state index in [9.17, 15) is 18.0 Å². The molecule has 0 bridgehead atoms. The average molecular weight is 484 g/mol. The number of benzene rings is 2. The van der Waals surface area contributed by atoms with Gasteiger partial charge in [-0.25, -0.2) is 0 Å². The summed E-state index contributed by atoms with van der Waals surface area (Å²) < 4.78 is 47.4. The Hall–Kier alpha value is -2.55. The van der Waals surface area contributed by atoms with Crippen molar-refractivity contribution >= 4 is 22.1 Å². The third kappa shape index (κ3) is 7.26. The van der Waals surface area contributed by atoms with E-state index in [1.165, 1.54) is 15.9 Å². The van der Waals surface area contributed by atoms with Crippen LogP contribution in [0.15, 0.2) is 48.0 Å². The van der Waals surface area contributed by atoms with Gasteiger partial charge in [0.25, 0.3) is 0 Å². The molecule has 9 heteroatoms. The molecule has 2 N–H and O–H groups in total. The van der Waals surface area contributed by atoms with Crippen LogP contribution >= 0.6 is 0 Å². The molecular weight excluding hydrogens is 458 g/mol. The first-order valence-corrected chi connectivity index (χ1v) is 10.6. The van der Waals surface area contributed by atoms with Gasteiger partial charge in [0.05, 0.1) is 0 Å². The van der Waals surface area contributed by atoms with E-state index in [-0.39, 0.29) is 18.7 Å². The number of ether oxygens (including phenoxy) is 1. The van der Waals surface area contributed by atoms with E-state index < -0.39 is 24.9 Å². The van der Waals surface area contributed by atoms with Crippen LogP contribution in [0.2, 0.25) is 0 Å². The van der Waals surface area contributed by atoms with Gasteiger partial charge in [-0.3, -0.25) is 0 Å². The summed E-state index contributed by atoms with van der Waals surface area (Å²) in [5, 5.41) is 0. The van der Waals surface area contributed by atoms with E-state index in [0.29, 0.717) is 11.3 Å². The number of nitrogens with two attached hydrogens (primary N) is 1. The molecule has 0 saturated carbocycles. The zero-order chi connectivity index (χ0) is 23.8. The van der Waals surface area contributed by atoms with Crippen LogP contribution in [0.1, 0.15) is 11.1 Å². The number of likely N-dealkylation sites (N-methyl/N-ethyl adjacent to an activating group) is 1. The number of amides is 1. The standard InChI is InChI=1S/C23H26F3N3O2.V/c1-15(12-17-6-5-7-20(27)22(17)26)19(13-29(4)14-21(24)25)16-8-10-18(11-9-16)31-23(30)28(2)3;/h1,5-11,21H,12-14,27H2,2-4H3;/b19-15+;. The number of carbonyl (C=O) groups excluding carboxylic acids is 1. The van der Waals surface area contributed by atoms with E-state index in [2.05, 4.69) is 17.0 Å². The fraction of sp³-hybridized carbons (Fsp3) is 0.304. The molecule has 0 aliphatic heterocycles. The van der Waals surface area contributed by atoms with Crippen LogP contribution in [0.3, 0.4) is 0 Å². The summed E-state index contributed by atoms with van der Waals surface area (Å²) in [6.45, 7) is -0.185. The van der Waals surface area contributed by atoms with Gasteiger partial charge in [0.2, 0.25) is 0 Å². The van der Waals surface area contributed by atoms with Gasteiger partial charge >= 0.3 is 195 Å². The fourth-order valence-corrected chi connectivity index (χ4v) is 3.42. The predicted molar refractivity (Wildman–Crippen MR) is 117 cm³/mol. The summed E-state index contributed by atoms with van der Waals surface area (Å²) in [5.74, 6) is -0.141. The first kappa shape index (κ1) is 25.7. The number of nitrogens with zero attached hydrogens (tertiary/aromatic N) is 2. The molecular formula is C23H26F3N3O2V. The molecule has 0 saturated heterocycles. The Kier molecular flexibility index (Phi) is 9.56. The molecule has 0 aliphatic rings. The van der Waals surface area contributed by atoms with Crippen LogP contribution < -0.4 is 10.5 Å². The molecule has 32 heavy (non-hydrogen) atoms. The van der Waals surface area contributed by atoms with Gasteiger partial charge < -0.3 is 0 Å². The first-order valence-electron chi connectivity index (χ1n) is 9.81. The monoisotopic (exact) mass is 484 g/mol. The summed E-state index contributed by atoms with van der Waals surface area (Å²) in [5.41, 5.74) is 8.41. The number of alkyl halides is 2. The van der Waals surface area contributed by atoms with Crippen LogP contribution in [-0.2, 0) is 23.4 Å². The van der Waals surface area contributed by atoms with Crippen LogP contribution in [-0.4, -0.2) is 61.3 Å². The third-order valence-corrected chi connectivity index (χ3v) is 5.17. The van der Waals surface area contributed by atoms with Gasteiger partial charge in [0, 0.05) is 0 Å². The molecule has 2 aromatic carbocycles. The first-order chi connectivity index (χ1) is 15.1. The van der Waals surface area contributed by atoms with Crippen molar-refractivity contribution in [3.05, 3.63) is 65.0 Å².